The molecular weight excluding hydrogens is 220 g/mol. The Morgan fingerprint density at radius 3 is 2.44 bits per heavy atom. The Balaban J connectivity index is 3.22. The topological polar surface area (TPSA) is 9.23 Å². The minimum absolute atomic E-state index is 0.343. The van der Waals surface area contributed by atoms with Gasteiger partial charge in [0.25, 0.3) is 0 Å². The maximum absolute atomic E-state index is 5.82. The molecule has 1 rings (SSSR count). The molecule has 0 saturated heterocycles. The molecule has 1 aromatic rings. The molecule has 0 bridgehead atoms. The van der Waals surface area contributed by atoms with E-state index in [0.717, 1.165) is 5.75 Å². The first-order valence-corrected chi connectivity index (χ1v) is 6.67. The number of hydrogen-bond donors (Lipinski definition) is 0. The predicted molar refractivity (Wildman–Crippen MR) is 78.1 cm³/mol. The summed E-state index contributed by atoms with van der Waals surface area (Å²) in [6.07, 6.45) is 0. The van der Waals surface area contributed by atoms with Gasteiger partial charge in [-0.1, -0.05) is 37.5 Å². The van der Waals surface area contributed by atoms with Crippen LogP contribution in [0.5, 0.6) is 5.75 Å². The molecule has 0 amide bonds. The highest BCUT2D eigenvalue weighted by Gasteiger charge is 2.18. The lowest BCUT2D eigenvalue weighted by molar-refractivity contribution is 0.330. The first-order chi connectivity index (χ1) is 8.51. The summed E-state index contributed by atoms with van der Waals surface area (Å²) >= 11 is 0. The molecule has 0 N–H and O–H groups in total. The molecule has 0 aromatic heterocycles. The van der Waals surface area contributed by atoms with Crippen LogP contribution in [0.4, 0.5) is 0 Å². The van der Waals surface area contributed by atoms with Gasteiger partial charge in [0.15, 0.2) is 0 Å². The molecule has 0 fully saturated rings. The van der Waals surface area contributed by atoms with Gasteiger partial charge in [-0.3, -0.25) is 0 Å². The van der Waals surface area contributed by atoms with Gasteiger partial charge in [-0.15, -0.1) is 5.92 Å². The second-order valence-corrected chi connectivity index (χ2v) is 4.90. The zero-order chi connectivity index (χ0) is 13.7. The molecular formula is C17H24O. The van der Waals surface area contributed by atoms with Gasteiger partial charge in [-0.2, -0.15) is 0 Å². The van der Waals surface area contributed by atoms with Crippen LogP contribution in [0, 0.1) is 31.6 Å². The lowest BCUT2D eigenvalue weighted by Crippen LogP contribution is -2.08. The zero-order valence-corrected chi connectivity index (χ0v) is 12.4. The van der Waals surface area contributed by atoms with Crippen molar-refractivity contribution in [1.82, 2.24) is 0 Å². The van der Waals surface area contributed by atoms with Crippen molar-refractivity contribution in [1.29, 1.82) is 0 Å². The van der Waals surface area contributed by atoms with Crippen molar-refractivity contribution in [2.75, 3.05) is 6.61 Å². The fourth-order valence-electron chi connectivity index (χ4n) is 2.29. The SMILES string of the molecule is CC#CC(C)C(C)c1cc(C)cc(C)c1OCC. The Labute approximate surface area is 112 Å². The van der Waals surface area contributed by atoms with E-state index in [1.54, 1.807) is 0 Å². The number of benzene rings is 1. The van der Waals surface area contributed by atoms with Crippen LogP contribution in [0.2, 0.25) is 0 Å². The van der Waals surface area contributed by atoms with Crippen LogP contribution in [-0.4, -0.2) is 6.61 Å². The van der Waals surface area contributed by atoms with Gasteiger partial charge in [0.1, 0.15) is 5.75 Å². The Hall–Kier alpha value is -1.42. The highest BCUT2D eigenvalue weighted by atomic mass is 16.5. The molecule has 0 aliphatic rings. The van der Waals surface area contributed by atoms with E-state index in [0.29, 0.717) is 18.4 Å². The Kier molecular flexibility index (Phi) is 5.28. The van der Waals surface area contributed by atoms with E-state index in [1.807, 2.05) is 13.8 Å². The summed E-state index contributed by atoms with van der Waals surface area (Å²) in [4.78, 5) is 0. The summed E-state index contributed by atoms with van der Waals surface area (Å²) in [5.41, 5.74) is 3.79. The van der Waals surface area contributed by atoms with Crippen molar-refractivity contribution in [3.05, 3.63) is 28.8 Å². The van der Waals surface area contributed by atoms with E-state index >= 15 is 0 Å². The lowest BCUT2D eigenvalue weighted by Gasteiger charge is -2.21. The third-order valence-electron chi connectivity index (χ3n) is 3.35. The van der Waals surface area contributed by atoms with Crippen LogP contribution in [0.3, 0.4) is 0 Å². The molecule has 0 saturated carbocycles. The van der Waals surface area contributed by atoms with Crippen LogP contribution >= 0.6 is 0 Å². The van der Waals surface area contributed by atoms with Crippen LogP contribution in [0.25, 0.3) is 0 Å². The molecule has 1 aromatic carbocycles. The van der Waals surface area contributed by atoms with Crippen molar-refractivity contribution in [2.45, 2.75) is 47.5 Å². The molecule has 0 spiro atoms. The third kappa shape index (κ3) is 3.29. The maximum Gasteiger partial charge on any atom is 0.125 e. The monoisotopic (exact) mass is 244 g/mol. The van der Waals surface area contributed by atoms with E-state index in [2.05, 4.69) is 51.7 Å². The molecule has 18 heavy (non-hydrogen) atoms. The Morgan fingerprint density at radius 1 is 1.22 bits per heavy atom. The second kappa shape index (κ2) is 6.50. The number of hydrogen-bond acceptors (Lipinski definition) is 1. The molecule has 0 heterocycles. The van der Waals surface area contributed by atoms with Crippen molar-refractivity contribution < 1.29 is 4.74 Å². The number of aryl methyl sites for hydroxylation is 2. The summed E-state index contributed by atoms with van der Waals surface area (Å²) in [5.74, 6) is 8.03. The van der Waals surface area contributed by atoms with E-state index in [-0.39, 0.29) is 0 Å². The molecule has 98 valence electrons. The molecule has 0 aliphatic heterocycles. The van der Waals surface area contributed by atoms with Crippen LogP contribution in [0.1, 0.15) is 50.3 Å². The number of rotatable bonds is 4. The fraction of sp³-hybridized carbons (Fsp3) is 0.529. The van der Waals surface area contributed by atoms with Crippen LogP contribution in [-0.2, 0) is 0 Å². The van der Waals surface area contributed by atoms with E-state index < -0.39 is 0 Å². The maximum atomic E-state index is 5.82. The van der Waals surface area contributed by atoms with Gasteiger partial charge >= 0.3 is 0 Å². The standard InChI is InChI=1S/C17H24O/c1-7-9-13(4)15(6)16-11-12(3)10-14(5)17(16)18-8-2/h10-11,13,15H,8H2,1-6H3. The average Bonchev–Trinajstić information content (AvgIpc) is 2.31. The van der Waals surface area contributed by atoms with Gasteiger partial charge in [0, 0.05) is 5.92 Å². The predicted octanol–water partition coefficient (Wildman–Crippen LogP) is 4.47. The summed E-state index contributed by atoms with van der Waals surface area (Å²) in [6.45, 7) is 13.3. The van der Waals surface area contributed by atoms with Gasteiger partial charge in [-0.25, -0.2) is 0 Å². The van der Waals surface area contributed by atoms with Gasteiger partial charge in [0.05, 0.1) is 6.61 Å². The largest absolute Gasteiger partial charge is 0.493 e. The zero-order valence-electron chi connectivity index (χ0n) is 12.4. The smallest absolute Gasteiger partial charge is 0.125 e. The average molecular weight is 244 g/mol. The molecule has 0 aliphatic carbocycles. The van der Waals surface area contributed by atoms with Crippen LogP contribution < -0.4 is 4.74 Å². The lowest BCUT2D eigenvalue weighted by atomic mass is 9.87. The molecule has 0 radical (unpaired) electrons. The number of ether oxygens (including phenoxy) is 1. The third-order valence-corrected chi connectivity index (χ3v) is 3.35. The van der Waals surface area contributed by atoms with Crippen molar-refractivity contribution in [3.63, 3.8) is 0 Å². The summed E-state index contributed by atoms with van der Waals surface area (Å²) < 4.78 is 5.82. The molecule has 1 nitrogen and oxygen atoms in total. The van der Waals surface area contributed by atoms with Gasteiger partial charge in [0.2, 0.25) is 0 Å². The van der Waals surface area contributed by atoms with Crippen molar-refractivity contribution in [2.24, 2.45) is 5.92 Å². The highest BCUT2D eigenvalue weighted by molar-refractivity contribution is 5.46. The molecule has 2 unspecified atom stereocenters. The normalized spacial score (nSPS) is 13.4. The van der Waals surface area contributed by atoms with Crippen molar-refractivity contribution in [3.8, 4) is 17.6 Å². The summed E-state index contributed by atoms with van der Waals surface area (Å²) in [6, 6.07) is 4.41. The first kappa shape index (κ1) is 14.6. The summed E-state index contributed by atoms with van der Waals surface area (Å²) in [7, 11) is 0. The van der Waals surface area contributed by atoms with E-state index in [9.17, 15) is 0 Å². The van der Waals surface area contributed by atoms with Crippen LogP contribution in [0.15, 0.2) is 12.1 Å². The van der Waals surface area contributed by atoms with Crippen molar-refractivity contribution >= 4 is 0 Å². The second-order valence-electron chi connectivity index (χ2n) is 4.90. The minimum Gasteiger partial charge on any atom is -0.493 e. The molecule has 1 heteroatoms. The minimum atomic E-state index is 0.343. The molecule has 2 atom stereocenters. The highest BCUT2D eigenvalue weighted by Crippen LogP contribution is 2.35. The Bertz CT molecular complexity index is 462. The van der Waals surface area contributed by atoms with Gasteiger partial charge < -0.3 is 4.74 Å². The summed E-state index contributed by atoms with van der Waals surface area (Å²) in [5, 5.41) is 0. The quantitative estimate of drug-likeness (QED) is 0.710. The fourth-order valence-corrected chi connectivity index (χ4v) is 2.29. The van der Waals surface area contributed by atoms with Gasteiger partial charge in [-0.05, 0) is 44.7 Å². The Morgan fingerprint density at radius 2 is 1.89 bits per heavy atom. The first-order valence-electron chi connectivity index (χ1n) is 6.67. The van der Waals surface area contributed by atoms with E-state index in [4.69, 9.17) is 4.74 Å². The van der Waals surface area contributed by atoms with E-state index in [1.165, 1.54) is 16.7 Å².